The number of hydrogen-bond donors (Lipinski definition) is 2. The average molecular weight is 272 g/mol. The number of fused-ring (bicyclic) bond motifs is 1. The molecule has 1 amide bonds. The Kier molecular flexibility index (Phi) is 3.95. The molecule has 1 atom stereocenters. The van der Waals surface area contributed by atoms with Gasteiger partial charge in [-0.2, -0.15) is 0 Å². The van der Waals surface area contributed by atoms with Crippen LogP contribution in [0.2, 0.25) is 0 Å². The zero-order valence-corrected chi connectivity index (χ0v) is 12.2. The lowest BCUT2D eigenvalue weighted by molar-refractivity contribution is -0.123. The molecule has 3 rings (SSSR count). The van der Waals surface area contributed by atoms with E-state index in [1.54, 1.807) is 0 Å². The number of amides is 1. The first-order valence-electron chi connectivity index (χ1n) is 7.91. The van der Waals surface area contributed by atoms with Crippen molar-refractivity contribution in [2.75, 3.05) is 11.9 Å². The Hall–Kier alpha value is -1.51. The van der Waals surface area contributed by atoms with Gasteiger partial charge in [-0.1, -0.05) is 31.5 Å². The molecule has 1 heterocycles. The zero-order chi connectivity index (χ0) is 13.9. The van der Waals surface area contributed by atoms with Crippen molar-refractivity contribution in [3.05, 3.63) is 29.8 Å². The van der Waals surface area contributed by atoms with Crippen molar-refractivity contribution in [1.82, 2.24) is 5.32 Å². The van der Waals surface area contributed by atoms with E-state index in [4.69, 9.17) is 0 Å². The van der Waals surface area contributed by atoms with Crippen LogP contribution in [0.5, 0.6) is 0 Å². The molecule has 108 valence electrons. The first kappa shape index (κ1) is 13.5. The SMILES string of the molecule is CCC1CCC(NC(=O)C2CNc3ccccc32)CC1. The van der Waals surface area contributed by atoms with Crippen LogP contribution in [0.4, 0.5) is 5.69 Å². The number of hydrogen-bond acceptors (Lipinski definition) is 2. The quantitative estimate of drug-likeness (QED) is 0.886. The summed E-state index contributed by atoms with van der Waals surface area (Å²) in [5.74, 6) is 1.05. The molecule has 0 aromatic heterocycles. The van der Waals surface area contributed by atoms with E-state index in [9.17, 15) is 4.79 Å². The van der Waals surface area contributed by atoms with Gasteiger partial charge in [0.1, 0.15) is 0 Å². The van der Waals surface area contributed by atoms with E-state index in [1.807, 2.05) is 12.1 Å². The number of rotatable bonds is 3. The second-order valence-electron chi connectivity index (χ2n) is 6.16. The molecule has 1 unspecified atom stereocenters. The second kappa shape index (κ2) is 5.86. The van der Waals surface area contributed by atoms with Crippen LogP contribution in [0.1, 0.15) is 50.5 Å². The van der Waals surface area contributed by atoms with Crippen molar-refractivity contribution in [2.24, 2.45) is 5.92 Å². The van der Waals surface area contributed by atoms with Gasteiger partial charge in [-0.05, 0) is 43.2 Å². The third-order valence-electron chi connectivity index (χ3n) is 4.92. The van der Waals surface area contributed by atoms with Crippen LogP contribution in [-0.2, 0) is 4.79 Å². The Morgan fingerprint density at radius 3 is 2.75 bits per heavy atom. The van der Waals surface area contributed by atoms with E-state index < -0.39 is 0 Å². The maximum Gasteiger partial charge on any atom is 0.229 e. The fourth-order valence-corrected chi connectivity index (χ4v) is 3.53. The average Bonchev–Trinajstić information content (AvgIpc) is 2.92. The molecule has 0 saturated heterocycles. The van der Waals surface area contributed by atoms with Crippen molar-refractivity contribution in [3.8, 4) is 0 Å². The molecule has 1 aliphatic heterocycles. The number of benzene rings is 1. The summed E-state index contributed by atoms with van der Waals surface area (Å²) in [6.45, 7) is 3.00. The summed E-state index contributed by atoms with van der Waals surface area (Å²) in [5.41, 5.74) is 2.26. The predicted octanol–water partition coefficient (Wildman–Crippen LogP) is 3.28. The van der Waals surface area contributed by atoms with Crippen LogP contribution in [0.25, 0.3) is 0 Å². The Morgan fingerprint density at radius 2 is 2.00 bits per heavy atom. The summed E-state index contributed by atoms with van der Waals surface area (Å²) < 4.78 is 0. The highest BCUT2D eigenvalue weighted by molar-refractivity contribution is 5.88. The Labute approximate surface area is 121 Å². The molecule has 1 aromatic rings. The maximum atomic E-state index is 12.5. The smallest absolute Gasteiger partial charge is 0.229 e. The molecule has 2 aliphatic rings. The van der Waals surface area contributed by atoms with Crippen LogP contribution in [-0.4, -0.2) is 18.5 Å². The molecule has 3 nitrogen and oxygen atoms in total. The molecule has 1 aromatic carbocycles. The van der Waals surface area contributed by atoms with Crippen molar-refractivity contribution in [3.63, 3.8) is 0 Å². The van der Waals surface area contributed by atoms with Crippen molar-refractivity contribution >= 4 is 11.6 Å². The first-order valence-corrected chi connectivity index (χ1v) is 7.91. The van der Waals surface area contributed by atoms with Crippen LogP contribution in [0.3, 0.4) is 0 Å². The molecule has 0 radical (unpaired) electrons. The van der Waals surface area contributed by atoms with Gasteiger partial charge in [-0.3, -0.25) is 4.79 Å². The Balaban J connectivity index is 1.58. The topological polar surface area (TPSA) is 41.1 Å². The maximum absolute atomic E-state index is 12.5. The van der Waals surface area contributed by atoms with Crippen molar-refractivity contribution < 1.29 is 4.79 Å². The van der Waals surface area contributed by atoms with Crippen LogP contribution < -0.4 is 10.6 Å². The van der Waals surface area contributed by atoms with E-state index in [1.165, 1.54) is 19.3 Å². The minimum atomic E-state index is -0.0184. The number of nitrogens with one attached hydrogen (secondary N) is 2. The summed E-state index contributed by atoms with van der Waals surface area (Å²) in [4.78, 5) is 12.5. The third kappa shape index (κ3) is 2.67. The Bertz CT molecular complexity index is 478. The van der Waals surface area contributed by atoms with Gasteiger partial charge < -0.3 is 10.6 Å². The third-order valence-corrected chi connectivity index (χ3v) is 4.92. The fourth-order valence-electron chi connectivity index (χ4n) is 3.53. The lowest BCUT2D eigenvalue weighted by Crippen LogP contribution is -2.40. The van der Waals surface area contributed by atoms with E-state index in [0.29, 0.717) is 6.04 Å². The zero-order valence-electron chi connectivity index (χ0n) is 12.2. The molecule has 0 spiro atoms. The number of para-hydroxylation sites is 1. The van der Waals surface area contributed by atoms with E-state index in [2.05, 4.69) is 29.7 Å². The molecular formula is C17H24N2O. The van der Waals surface area contributed by atoms with Gasteiger partial charge >= 0.3 is 0 Å². The van der Waals surface area contributed by atoms with Crippen molar-refractivity contribution in [1.29, 1.82) is 0 Å². The molecule has 1 aliphatic carbocycles. The van der Waals surface area contributed by atoms with Crippen molar-refractivity contribution in [2.45, 2.75) is 51.0 Å². The molecule has 3 heteroatoms. The summed E-state index contributed by atoms with van der Waals surface area (Å²) in [6.07, 6.45) is 6.10. The molecule has 1 fully saturated rings. The number of anilines is 1. The summed E-state index contributed by atoms with van der Waals surface area (Å²) in [6, 6.07) is 8.53. The molecule has 2 N–H and O–H groups in total. The number of carbonyl (C=O) groups excluding carboxylic acids is 1. The van der Waals surface area contributed by atoms with E-state index in [0.717, 1.165) is 36.6 Å². The first-order chi connectivity index (χ1) is 9.78. The molecule has 1 saturated carbocycles. The fraction of sp³-hybridized carbons (Fsp3) is 0.588. The molecule has 0 bridgehead atoms. The van der Waals surface area contributed by atoms with Gasteiger partial charge in [0.25, 0.3) is 0 Å². The lowest BCUT2D eigenvalue weighted by atomic mass is 9.84. The standard InChI is InChI=1S/C17H24N2O/c1-2-12-7-9-13(10-8-12)19-17(20)15-11-18-16-6-4-3-5-14(15)16/h3-6,12-13,15,18H,2,7-11H2,1H3,(H,19,20). The van der Waals surface area contributed by atoms with Gasteiger partial charge in [-0.25, -0.2) is 0 Å². The van der Waals surface area contributed by atoms with Gasteiger partial charge in [-0.15, -0.1) is 0 Å². The lowest BCUT2D eigenvalue weighted by Gasteiger charge is -2.29. The minimum absolute atomic E-state index is 0.0184. The monoisotopic (exact) mass is 272 g/mol. The largest absolute Gasteiger partial charge is 0.384 e. The summed E-state index contributed by atoms with van der Waals surface area (Å²) in [5, 5.41) is 6.59. The minimum Gasteiger partial charge on any atom is -0.384 e. The Morgan fingerprint density at radius 1 is 1.25 bits per heavy atom. The highest BCUT2D eigenvalue weighted by atomic mass is 16.2. The van der Waals surface area contributed by atoms with Gasteiger partial charge in [0.2, 0.25) is 5.91 Å². The summed E-state index contributed by atoms with van der Waals surface area (Å²) >= 11 is 0. The highest BCUT2D eigenvalue weighted by Gasteiger charge is 2.30. The molecular weight excluding hydrogens is 248 g/mol. The summed E-state index contributed by atoms with van der Waals surface area (Å²) in [7, 11) is 0. The van der Waals surface area contributed by atoms with Gasteiger partial charge in [0.15, 0.2) is 0 Å². The molecule has 20 heavy (non-hydrogen) atoms. The second-order valence-corrected chi connectivity index (χ2v) is 6.16. The van der Waals surface area contributed by atoms with Crippen LogP contribution in [0, 0.1) is 5.92 Å². The van der Waals surface area contributed by atoms with Crippen LogP contribution in [0.15, 0.2) is 24.3 Å². The highest BCUT2D eigenvalue weighted by Crippen LogP contribution is 2.32. The normalized spacial score (nSPS) is 28.6. The van der Waals surface area contributed by atoms with Gasteiger partial charge in [0.05, 0.1) is 5.92 Å². The van der Waals surface area contributed by atoms with E-state index in [-0.39, 0.29) is 11.8 Å². The predicted molar refractivity (Wildman–Crippen MR) is 81.9 cm³/mol. The van der Waals surface area contributed by atoms with E-state index >= 15 is 0 Å². The van der Waals surface area contributed by atoms with Crippen LogP contribution >= 0.6 is 0 Å². The number of carbonyl (C=O) groups is 1. The van der Waals surface area contributed by atoms with Gasteiger partial charge in [0, 0.05) is 18.3 Å².